The van der Waals surface area contributed by atoms with E-state index in [-0.39, 0.29) is 5.41 Å². The number of nitrogens with zero attached hydrogens (tertiary/aromatic N) is 2. The van der Waals surface area contributed by atoms with Gasteiger partial charge in [0.2, 0.25) is 0 Å². The van der Waals surface area contributed by atoms with E-state index in [0.717, 1.165) is 23.1 Å². The lowest BCUT2D eigenvalue weighted by atomic mass is 9.91. The second-order valence-corrected chi connectivity index (χ2v) is 6.91. The number of hydrogen-bond acceptors (Lipinski definition) is 4. The van der Waals surface area contributed by atoms with E-state index in [1.807, 2.05) is 24.3 Å². The Morgan fingerprint density at radius 2 is 1.86 bits per heavy atom. The summed E-state index contributed by atoms with van der Waals surface area (Å²) < 4.78 is 0. The monoisotopic (exact) mass is 317 g/mol. The summed E-state index contributed by atoms with van der Waals surface area (Å²) >= 11 is 7.87. The molecule has 0 unspecified atom stereocenters. The number of anilines is 1. The Bertz CT molecular complexity index is 753. The van der Waals surface area contributed by atoms with E-state index >= 15 is 0 Å². The van der Waals surface area contributed by atoms with Gasteiger partial charge in [-0.2, -0.15) is 0 Å². The Hall–Kier alpha value is -1.65. The molecule has 3 nitrogen and oxygen atoms in total. The van der Waals surface area contributed by atoms with Crippen molar-refractivity contribution in [3.05, 3.63) is 51.8 Å². The van der Waals surface area contributed by atoms with Crippen molar-refractivity contribution in [2.24, 2.45) is 0 Å². The topological polar surface area (TPSA) is 37.8 Å². The van der Waals surface area contributed by atoms with Gasteiger partial charge >= 0.3 is 0 Å². The van der Waals surface area contributed by atoms with Crippen molar-refractivity contribution in [3.63, 3.8) is 0 Å². The molecule has 0 bridgehead atoms. The third-order valence-corrected chi connectivity index (χ3v) is 5.04. The highest BCUT2D eigenvalue weighted by atomic mass is 35.5. The summed E-state index contributed by atoms with van der Waals surface area (Å²) in [4.78, 5) is 1.35. The molecule has 0 amide bonds. The number of benzene rings is 1. The number of halogens is 1. The molecule has 0 saturated heterocycles. The van der Waals surface area contributed by atoms with Crippen LogP contribution in [0.25, 0.3) is 10.8 Å². The van der Waals surface area contributed by atoms with Crippen LogP contribution in [-0.2, 0) is 5.41 Å². The Balaban J connectivity index is 1.88. The van der Waals surface area contributed by atoms with Gasteiger partial charge in [-0.15, -0.1) is 21.5 Å². The van der Waals surface area contributed by atoms with Gasteiger partial charge in [0.1, 0.15) is 0 Å². The van der Waals surface area contributed by atoms with Crippen molar-refractivity contribution < 1.29 is 0 Å². The fourth-order valence-corrected chi connectivity index (χ4v) is 3.31. The fraction of sp³-hybridized carbons (Fsp3) is 0.250. The summed E-state index contributed by atoms with van der Waals surface area (Å²) in [7, 11) is 0. The molecule has 0 atom stereocenters. The quantitative estimate of drug-likeness (QED) is 0.755. The summed E-state index contributed by atoms with van der Waals surface area (Å²) in [5.41, 5.74) is 0.0383. The van der Waals surface area contributed by atoms with Crippen LogP contribution in [0, 0.1) is 0 Å². The molecule has 0 radical (unpaired) electrons. The van der Waals surface area contributed by atoms with Crippen LogP contribution in [-0.4, -0.2) is 16.7 Å². The number of rotatable bonds is 4. The Morgan fingerprint density at radius 1 is 1.10 bits per heavy atom. The molecule has 5 heteroatoms. The first kappa shape index (κ1) is 14.3. The van der Waals surface area contributed by atoms with Crippen LogP contribution in [0.1, 0.15) is 18.7 Å². The molecule has 21 heavy (non-hydrogen) atoms. The average Bonchev–Trinajstić information content (AvgIpc) is 3.02. The summed E-state index contributed by atoms with van der Waals surface area (Å²) in [5, 5.41) is 16.1. The lowest BCUT2D eigenvalue weighted by Crippen LogP contribution is -2.27. The lowest BCUT2D eigenvalue weighted by molar-refractivity contribution is 0.568. The molecule has 2 aromatic heterocycles. The highest BCUT2D eigenvalue weighted by molar-refractivity contribution is 7.10. The van der Waals surface area contributed by atoms with Crippen molar-refractivity contribution in [2.45, 2.75) is 19.3 Å². The highest BCUT2D eigenvalue weighted by Crippen LogP contribution is 2.30. The maximum Gasteiger partial charge on any atom is 0.159 e. The molecule has 3 aromatic rings. The molecule has 2 heterocycles. The zero-order valence-corrected chi connectivity index (χ0v) is 13.5. The summed E-state index contributed by atoms with van der Waals surface area (Å²) in [6.07, 6.45) is 0. The Labute approximate surface area is 133 Å². The third-order valence-electron chi connectivity index (χ3n) is 3.53. The van der Waals surface area contributed by atoms with Crippen LogP contribution in [0.5, 0.6) is 0 Å². The number of hydrogen-bond donors (Lipinski definition) is 1. The summed E-state index contributed by atoms with van der Waals surface area (Å²) in [6, 6.07) is 12.2. The predicted octanol–water partition coefficient (Wildman–Crippen LogP) is 4.73. The Morgan fingerprint density at radius 3 is 2.57 bits per heavy atom. The minimum absolute atomic E-state index is 0.0383. The highest BCUT2D eigenvalue weighted by Gasteiger charge is 2.22. The van der Waals surface area contributed by atoms with Gasteiger partial charge in [-0.3, -0.25) is 0 Å². The van der Waals surface area contributed by atoms with E-state index in [2.05, 4.69) is 46.9 Å². The lowest BCUT2D eigenvalue weighted by Gasteiger charge is -2.24. The first-order valence-corrected chi connectivity index (χ1v) is 8.02. The predicted molar refractivity (Wildman–Crippen MR) is 90.4 cm³/mol. The normalized spacial score (nSPS) is 11.8. The van der Waals surface area contributed by atoms with Gasteiger partial charge in [0.25, 0.3) is 0 Å². The van der Waals surface area contributed by atoms with Crippen LogP contribution >= 0.6 is 22.9 Å². The molecule has 108 valence electrons. The van der Waals surface area contributed by atoms with Crippen molar-refractivity contribution in [2.75, 3.05) is 11.9 Å². The van der Waals surface area contributed by atoms with Gasteiger partial charge in [-0.25, -0.2) is 0 Å². The summed E-state index contributed by atoms with van der Waals surface area (Å²) in [6.45, 7) is 5.22. The van der Waals surface area contributed by atoms with E-state index in [1.165, 1.54) is 4.88 Å². The van der Waals surface area contributed by atoms with E-state index in [9.17, 15) is 0 Å². The molecule has 1 aromatic carbocycles. The smallest absolute Gasteiger partial charge is 0.159 e. The van der Waals surface area contributed by atoms with E-state index in [1.54, 1.807) is 11.3 Å². The molecule has 0 aliphatic heterocycles. The molecular weight excluding hydrogens is 302 g/mol. The van der Waals surface area contributed by atoms with Gasteiger partial charge in [-0.05, 0) is 11.4 Å². The largest absolute Gasteiger partial charge is 0.367 e. The Kier molecular flexibility index (Phi) is 3.83. The van der Waals surface area contributed by atoms with Crippen LogP contribution in [0.2, 0.25) is 5.15 Å². The van der Waals surface area contributed by atoms with Gasteiger partial charge in [0, 0.05) is 27.6 Å². The molecule has 0 aliphatic carbocycles. The number of thiophene rings is 1. The van der Waals surface area contributed by atoms with Crippen molar-refractivity contribution >= 4 is 39.5 Å². The number of aromatic nitrogens is 2. The minimum Gasteiger partial charge on any atom is -0.367 e. The summed E-state index contributed by atoms with van der Waals surface area (Å²) in [5.74, 6) is 0.777. The van der Waals surface area contributed by atoms with Crippen molar-refractivity contribution in [3.8, 4) is 0 Å². The minimum atomic E-state index is 0.0383. The van der Waals surface area contributed by atoms with Gasteiger partial charge in [0.05, 0.1) is 0 Å². The first-order valence-electron chi connectivity index (χ1n) is 6.77. The number of nitrogens with one attached hydrogen (secondary N) is 1. The van der Waals surface area contributed by atoms with Gasteiger partial charge < -0.3 is 5.32 Å². The second kappa shape index (κ2) is 5.62. The van der Waals surface area contributed by atoms with E-state index in [0.29, 0.717) is 5.15 Å². The van der Waals surface area contributed by atoms with Crippen LogP contribution < -0.4 is 5.32 Å². The number of fused-ring (bicyclic) bond motifs is 1. The maximum absolute atomic E-state index is 6.10. The molecule has 0 spiro atoms. The van der Waals surface area contributed by atoms with Crippen LogP contribution in [0.3, 0.4) is 0 Å². The SMILES string of the molecule is CC(C)(CNc1nnc(Cl)c2ccccc12)c1cccs1. The molecule has 0 aliphatic rings. The van der Waals surface area contributed by atoms with Crippen LogP contribution in [0.15, 0.2) is 41.8 Å². The standard InChI is InChI=1S/C16H16ClN3S/c1-16(2,13-8-5-9-21-13)10-18-15-12-7-4-3-6-11(12)14(17)19-20-15/h3-9H,10H2,1-2H3,(H,18,20). The average molecular weight is 318 g/mol. The second-order valence-electron chi connectivity index (χ2n) is 5.60. The van der Waals surface area contributed by atoms with Crippen LogP contribution in [0.4, 0.5) is 5.82 Å². The van der Waals surface area contributed by atoms with Gasteiger partial charge in [-0.1, -0.05) is 55.8 Å². The maximum atomic E-state index is 6.10. The molecule has 3 rings (SSSR count). The van der Waals surface area contributed by atoms with Gasteiger partial charge in [0.15, 0.2) is 11.0 Å². The zero-order valence-electron chi connectivity index (χ0n) is 11.9. The molecule has 0 fully saturated rings. The molecule has 0 saturated carbocycles. The van der Waals surface area contributed by atoms with Crippen molar-refractivity contribution in [1.29, 1.82) is 0 Å². The zero-order chi connectivity index (χ0) is 14.9. The molecular formula is C16H16ClN3S. The fourth-order valence-electron chi connectivity index (χ4n) is 2.26. The molecule has 1 N–H and O–H groups in total. The first-order chi connectivity index (χ1) is 10.1. The van der Waals surface area contributed by atoms with E-state index in [4.69, 9.17) is 11.6 Å². The van der Waals surface area contributed by atoms with E-state index < -0.39 is 0 Å². The third kappa shape index (κ3) is 2.87. The van der Waals surface area contributed by atoms with Crippen molar-refractivity contribution in [1.82, 2.24) is 10.2 Å².